The van der Waals surface area contributed by atoms with Crippen molar-refractivity contribution in [2.24, 2.45) is 0 Å². The van der Waals surface area contributed by atoms with Gasteiger partial charge in [0.25, 0.3) is 0 Å². The van der Waals surface area contributed by atoms with Crippen LogP contribution in [0.3, 0.4) is 0 Å². The summed E-state index contributed by atoms with van der Waals surface area (Å²) in [6.45, 7) is -0.474. The van der Waals surface area contributed by atoms with Gasteiger partial charge in [-0.15, -0.1) is 10.2 Å². The smallest absolute Gasteiger partial charge is 0.338 e. The van der Waals surface area contributed by atoms with Crippen LogP contribution in [0, 0.1) is 0 Å². The molecule has 0 bridgehead atoms. The van der Waals surface area contributed by atoms with E-state index in [4.69, 9.17) is 14.5 Å². The molecule has 0 spiro atoms. The summed E-state index contributed by atoms with van der Waals surface area (Å²) in [4.78, 5) is 57.4. The fourth-order valence-corrected chi connectivity index (χ4v) is 5.88. The third-order valence-corrected chi connectivity index (χ3v) is 8.25. The number of hydrogen-bond acceptors (Lipinski definition) is 10. The largest absolute Gasteiger partial charge is 0.496 e. The van der Waals surface area contributed by atoms with Gasteiger partial charge in [-0.3, -0.25) is 14.4 Å². The lowest BCUT2D eigenvalue weighted by Crippen LogP contribution is -2.31. The molecule has 11 heteroatoms. The molecule has 1 unspecified atom stereocenters. The maximum absolute atomic E-state index is 13.4. The number of nitrogens with zero attached hydrogens (tertiary/aromatic N) is 4. The first-order valence-corrected chi connectivity index (χ1v) is 15.1. The summed E-state index contributed by atoms with van der Waals surface area (Å²) in [5.74, 6) is -1.57. The number of carbonyl (C=O) groups excluding carboxylic acids is 4. The van der Waals surface area contributed by atoms with E-state index in [-0.39, 0.29) is 17.1 Å². The highest BCUT2D eigenvalue weighted by atomic mass is 32.2. The Morgan fingerprint density at radius 2 is 1.43 bits per heavy atom. The number of amides is 2. The lowest BCUT2D eigenvalue weighted by molar-refractivity contribution is -0.121. The third-order valence-electron chi connectivity index (χ3n) is 7.22. The van der Waals surface area contributed by atoms with Gasteiger partial charge < -0.3 is 9.47 Å². The first-order chi connectivity index (χ1) is 22.4. The molecule has 4 aromatic carbocycles. The van der Waals surface area contributed by atoms with E-state index in [1.165, 1.54) is 31.4 Å². The van der Waals surface area contributed by atoms with Crippen molar-refractivity contribution in [3.05, 3.63) is 120 Å². The van der Waals surface area contributed by atoms with Crippen LogP contribution in [0.1, 0.15) is 27.1 Å². The number of ether oxygens (including phenoxy) is 2. The average molecular weight is 631 g/mol. The molecule has 0 aliphatic carbocycles. The number of benzene rings is 4. The molecule has 10 nitrogen and oxygen atoms in total. The van der Waals surface area contributed by atoms with Gasteiger partial charge in [0.2, 0.25) is 22.8 Å². The number of anilines is 1. The summed E-state index contributed by atoms with van der Waals surface area (Å²) in [6.07, 6.45) is -0.0528. The van der Waals surface area contributed by atoms with Crippen LogP contribution >= 0.6 is 11.8 Å². The first-order valence-electron chi connectivity index (χ1n) is 14.3. The van der Waals surface area contributed by atoms with Gasteiger partial charge >= 0.3 is 5.97 Å². The van der Waals surface area contributed by atoms with Crippen molar-refractivity contribution in [2.45, 2.75) is 16.8 Å². The highest BCUT2D eigenvalue weighted by Crippen LogP contribution is 2.35. The van der Waals surface area contributed by atoms with Crippen LogP contribution in [0.5, 0.6) is 5.75 Å². The summed E-state index contributed by atoms with van der Waals surface area (Å²) in [7, 11) is 1.45. The Kier molecular flexibility index (Phi) is 8.93. The number of esters is 1. The van der Waals surface area contributed by atoms with Crippen LogP contribution in [0.15, 0.2) is 114 Å². The van der Waals surface area contributed by atoms with Crippen LogP contribution in [0.4, 0.5) is 5.69 Å². The van der Waals surface area contributed by atoms with Gasteiger partial charge in [0.15, 0.2) is 6.61 Å². The fourth-order valence-electron chi connectivity index (χ4n) is 4.96. The number of Topliss-reactive ketones (excluding diaryl/α,β-unsaturated/α-hetero) is 1. The Morgan fingerprint density at radius 3 is 2.11 bits per heavy atom. The van der Waals surface area contributed by atoms with Gasteiger partial charge in [-0.05, 0) is 36.4 Å². The maximum atomic E-state index is 13.4. The van der Waals surface area contributed by atoms with Gasteiger partial charge in [-0.1, -0.05) is 84.6 Å². The molecule has 1 aliphatic heterocycles. The summed E-state index contributed by atoms with van der Waals surface area (Å²) in [5, 5.41) is 8.25. The molecule has 0 N–H and O–H groups in total. The van der Waals surface area contributed by atoms with E-state index in [2.05, 4.69) is 10.2 Å². The zero-order valence-corrected chi connectivity index (χ0v) is 25.3. The van der Waals surface area contributed by atoms with E-state index in [0.29, 0.717) is 28.4 Å². The van der Waals surface area contributed by atoms with E-state index in [1.54, 1.807) is 24.3 Å². The number of carbonyl (C=O) groups is 4. The molecule has 0 radical (unpaired) electrons. The van der Waals surface area contributed by atoms with Gasteiger partial charge in [0, 0.05) is 17.5 Å². The van der Waals surface area contributed by atoms with Gasteiger partial charge in [0.1, 0.15) is 22.4 Å². The van der Waals surface area contributed by atoms with Crippen molar-refractivity contribution in [3.63, 3.8) is 0 Å². The van der Waals surface area contributed by atoms with Gasteiger partial charge in [0.05, 0.1) is 23.9 Å². The van der Waals surface area contributed by atoms with E-state index in [0.717, 1.165) is 27.8 Å². The average Bonchev–Trinajstić information content (AvgIpc) is 3.39. The number of rotatable bonds is 10. The van der Waals surface area contributed by atoms with Crippen LogP contribution in [-0.4, -0.2) is 57.7 Å². The number of para-hydroxylation sites is 1. The first kappa shape index (κ1) is 30.4. The van der Waals surface area contributed by atoms with E-state index >= 15 is 0 Å². The fraction of sp³-hybridized carbons (Fsp3) is 0.114. The second-order valence-corrected chi connectivity index (χ2v) is 11.3. The number of ketones is 1. The minimum absolute atomic E-state index is 0.0528. The van der Waals surface area contributed by atoms with Crippen molar-refractivity contribution in [1.29, 1.82) is 0 Å². The molecule has 1 aromatic heterocycles. The maximum Gasteiger partial charge on any atom is 0.338 e. The number of thioether (sulfide) groups is 1. The Hall–Kier alpha value is -5.68. The SMILES string of the molecule is COc1ccccc1C(=O)COC(=O)c1ccc(N2C(=O)CC(Sc3nnc(-c4ccccc4)c(-c4ccccc4)n3)C2=O)cc1. The lowest BCUT2D eigenvalue weighted by Gasteiger charge is -2.15. The zero-order chi connectivity index (χ0) is 32.0. The van der Waals surface area contributed by atoms with Gasteiger partial charge in [-0.25, -0.2) is 14.7 Å². The molecule has 6 rings (SSSR count). The molecule has 228 valence electrons. The molecule has 2 amide bonds. The van der Waals surface area contributed by atoms with Crippen molar-refractivity contribution in [2.75, 3.05) is 18.6 Å². The minimum atomic E-state index is -0.758. The molecule has 46 heavy (non-hydrogen) atoms. The van der Waals surface area contributed by atoms with E-state index in [1.807, 2.05) is 60.7 Å². The van der Waals surface area contributed by atoms with Crippen molar-refractivity contribution >= 4 is 41.0 Å². The Morgan fingerprint density at radius 1 is 0.804 bits per heavy atom. The van der Waals surface area contributed by atoms with Crippen LogP contribution in [0.25, 0.3) is 22.5 Å². The number of hydrogen-bond donors (Lipinski definition) is 0. The summed E-state index contributed by atoms with van der Waals surface area (Å²) >= 11 is 1.08. The second-order valence-electron chi connectivity index (χ2n) is 10.1. The zero-order valence-electron chi connectivity index (χ0n) is 24.5. The molecule has 2 heterocycles. The highest BCUT2D eigenvalue weighted by Gasteiger charge is 2.41. The monoisotopic (exact) mass is 630 g/mol. The number of methoxy groups -OCH3 is 1. The molecule has 5 aromatic rings. The van der Waals surface area contributed by atoms with Crippen LogP contribution in [0.2, 0.25) is 0 Å². The van der Waals surface area contributed by atoms with Crippen LogP contribution < -0.4 is 9.64 Å². The standard InChI is InChI=1S/C35H26N4O6S/c1-44-28-15-9-8-14-26(28)27(40)21-45-34(43)24-16-18-25(19-17-24)39-30(41)20-29(33(39)42)46-35-36-31(22-10-4-2-5-11-22)32(37-38-35)23-12-6-3-7-13-23/h2-19,29H,20-21H2,1H3. The summed E-state index contributed by atoms with van der Waals surface area (Å²) in [6, 6.07) is 31.7. The highest BCUT2D eigenvalue weighted by molar-refractivity contribution is 8.00. The van der Waals surface area contributed by atoms with E-state index in [9.17, 15) is 19.2 Å². The molecular formula is C35H26N4O6S. The topological polar surface area (TPSA) is 129 Å². The lowest BCUT2D eigenvalue weighted by atomic mass is 10.0. The second kappa shape index (κ2) is 13.5. The summed E-state index contributed by atoms with van der Waals surface area (Å²) in [5.41, 5.74) is 3.69. The number of aromatic nitrogens is 3. The molecule has 1 saturated heterocycles. The normalized spacial score (nSPS) is 14.3. The van der Waals surface area contributed by atoms with Crippen molar-refractivity contribution in [1.82, 2.24) is 15.2 Å². The molecule has 1 aliphatic rings. The van der Waals surface area contributed by atoms with Crippen LogP contribution in [-0.2, 0) is 14.3 Å². The summed E-state index contributed by atoms with van der Waals surface area (Å²) < 4.78 is 10.4. The Balaban J connectivity index is 1.14. The van der Waals surface area contributed by atoms with Crippen molar-refractivity contribution < 1.29 is 28.7 Å². The minimum Gasteiger partial charge on any atom is -0.496 e. The predicted octanol–water partition coefficient (Wildman–Crippen LogP) is 5.68. The third kappa shape index (κ3) is 6.40. The Labute approximate surface area is 268 Å². The van der Waals surface area contributed by atoms with E-state index < -0.39 is 35.4 Å². The molecule has 1 fully saturated rings. The number of imide groups is 1. The Bertz CT molecular complexity index is 1920. The molecule has 1 atom stereocenters. The molecular weight excluding hydrogens is 604 g/mol. The van der Waals surface area contributed by atoms with Crippen molar-refractivity contribution in [3.8, 4) is 28.3 Å². The quantitative estimate of drug-likeness (QED) is 0.108. The van der Waals surface area contributed by atoms with Gasteiger partial charge in [-0.2, -0.15) is 0 Å². The predicted molar refractivity (Wildman–Crippen MR) is 172 cm³/mol. The molecule has 0 saturated carbocycles.